The number of alkyl halides is 2. The molecule has 2 rings (SSSR count). The molecule has 0 radical (unpaired) electrons. The van der Waals surface area contributed by atoms with Crippen molar-refractivity contribution in [2.75, 3.05) is 0 Å². The molecule has 1 heterocycles. The fourth-order valence-corrected chi connectivity index (χ4v) is 2.38. The van der Waals surface area contributed by atoms with Crippen LogP contribution >= 0.6 is 31.9 Å². The average Bonchev–Trinajstić information content (AvgIpc) is 2.42. The van der Waals surface area contributed by atoms with Crippen LogP contribution in [0.3, 0.4) is 0 Å². The van der Waals surface area contributed by atoms with Crippen LogP contribution in [-0.4, -0.2) is 19.7 Å². The lowest BCUT2D eigenvalue weighted by Crippen LogP contribution is -2.33. The predicted octanol–water partition coefficient (Wildman–Crippen LogP) is 1.73. The zero-order valence-electron chi connectivity index (χ0n) is 10.3. The van der Waals surface area contributed by atoms with Gasteiger partial charge in [0.25, 0.3) is 5.56 Å². The maximum absolute atomic E-state index is 11.8. The van der Waals surface area contributed by atoms with Crippen LogP contribution in [0.15, 0.2) is 46.1 Å². The van der Waals surface area contributed by atoms with E-state index >= 15 is 0 Å². The van der Waals surface area contributed by atoms with Crippen molar-refractivity contribution in [3.05, 3.63) is 68.5 Å². The second kappa shape index (κ2) is 6.51. The Hall–Kier alpha value is -1.18. The summed E-state index contributed by atoms with van der Waals surface area (Å²) in [7, 11) is 0. The molecule has 0 fully saturated rings. The standard InChI is InChI=1S/C13H12Br2N2O3/c14-10(11(15)18)9-7-17(13(20)16-12(9)19)6-8-4-2-1-3-5-8/h1-5,7,10-11,18H,6H2,(H,16,19,20). The first-order chi connectivity index (χ1) is 9.49. The number of aliphatic hydroxyl groups excluding tert-OH is 1. The van der Waals surface area contributed by atoms with Crippen molar-refractivity contribution in [3.8, 4) is 0 Å². The largest absolute Gasteiger partial charge is 0.380 e. The monoisotopic (exact) mass is 402 g/mol. The van der Waals surface area contributed by atoms with Crippen molar-refractivity contribution in [1.82, 2.24) is 9.55 Å². The summed E-state index contributed by atoms with van der Waals surface area (Å²) in [5.74, 6) is 0. The first-order valence-electron chi connectivity index (χ1n) is 5.83. The Bertz CT molecular complexity index is 695. The van der Waals surface area contributed by atoms with E-state index in [9.17, 15) is 14.7 Å². The lowest BCUT2D eigenvalue weighted by molar-refractivity contribution is 0.268. The highest BCUT2D eigenvalue weighted by Gasteiger charge is 2.19. The molecule has 2 unspecified atom stereocenters. The fourth-order valence-electron chi connectivity index (χ4n) is 1.77. The van der Waals surface area contributed by atoms with Crippen molar-refractivity contribution in [1.29, 1.82) is 0 Å². The van der Waals surface area contributed by atoms with E-state index in [0.29, 0.717) is 6.54 Å². The van der Waals surface area contributed by atoms with Crippen LogP contribution in [0.25, 0.3) is 0 Å². The van der Waals surface area contributed by atoms with Crippen molar-refractivity contribution >= 4 is 31.9 Å². The molecule has 0 aliphatic rings. The van der Waals surface area contributed by atoms with Gasteiger partial charge in [-0.15, -0.1) is 0 Å². The van der Waals surface area contributed by atoms with E-state index in [-0.39, 0.29) is 5.56 Å². The summed E-state index contributed by atoms with van der Waals surface area (Å²) in [6.45, 7) is 0.349. The summed E-state index contributed by atoms with van der Waals surface area (Å²) in [5.41, 5.74) is 0.231. The Morgan fingerprint density at radius 2 is 1.85 bits per heavy atom. The molecule has 7 heteroatoms. The van der Waals surface area contributed by atoms with Gasteiger partial charge in [0.1, 0.15) is 5.01 Å². The zero-order chi connectivity index (χ0) is 14.7. The number of H-pyrrole nitrogens is 1. The molecular weight excluding hydrogens is 392 g/mol. The second-order valence-corrected chi connectivity index (χ2v) is 6.16. The highest BCUT2D eigenvalue weighted by Crippen LogP contribution is 2.26. The van der Waals surface area contributed by atoms with Crippen LogP contribution in [0.4, 0.5) is 0 Å². The van der Waals surface area contributed by atoms with Crippen molar-refractivity contribution in [2.24, 2.45) is 0 Å². The van der Waals surface area contributed by atoms with Gasteiger partial charge in [-0.3, -0.25) is 14.3 Å². The van der Waals surface area contributed by atoms with Crippen LogP contribution in [-0.2, 0) is 6.54 Å². The number of benzene rings is 1. The molecule has 0 bridgehead atoms. The van der Waals surface area contributed by atoms with Crippen molar-refractivity contribution in [3.63, 3.8) is 0 Å². The average molecular weight is 404 g/mol. The molecule has 2 atom stereocenters. The van der Waals surface area contributed by atoms with Gasteiger partial charge >= 0.3 is 5.69 Å². The third kappa shape index (κ3) is 3.47. The molecule has 0 aliphatic carbocycles. The predicted molar refractivity (Wildman–Crippen MR) is 83.5 cm³/mol. The summed E-state index contributed by atoms with van der Waals surface area (Å²) in [5, 5.41) is 8.55. The van der Waals surface area contributed by atoms with E-state index in [1.165, 1.54) is 10.8 Å². The Balaban J connectivity index is 2.42. The number of aliphatic hydroxyl groups is 1. The van der Waals surface area contributed by atoms with Crippen LogP contribution in [0.5, 0.6) is 0 Å². The SMILES string of the molecule is O=c1[nH]c(=O)n(Cc2ccccc2)cc1C(Br)C(O)Br. The summed E-state index contributed by atoms with van der Waals surface area (Å²) in [6.07, 6.45) is 1.46. The normalized spacial score (nSPS) is 13.9. The molecule has 0 spiro atoms. The van der Waals surface area contributed by atoms with Gasteiger partial charge in [-0.25, -0.2) is 4.79 Å². The van der Waals surface area contributed by atoms with E-state index in [1.807, 2.05) is 30.3 Å². The number of nitrogens with zero attached hydrogens (tertiary/aromatic N) is 1. The van der Waals surface area contributed by atoms with Gasteiger partial charge < -0.3 is 5.11 Å². The molecule has 106 valence electrons. The highest BCUT2D eigenvalue weighted by atomic mass is 79.9. The number of halogens is 2. The summed E-state index contributed by atoms with van der Waals surface area (Å²) >= 11 is 6.20. The van der Waals surface area contributed by atoms with Crippen molar-refractivity contribution < 1.29 is 5.11 Å². The van der Waals surface area contributed by atoms with E-state index in [1.54, 1.807) is 0 Å². The molecular formula is C13H12Br2N2O3. The van der Waals surface area contributed by atoms with Gasteiger partial charge in [-0.2, -0.15) is 0 Å². The maximum atomic E-state index is 11.8. The Morgan fingerprint density at radius 1 is 1.20 bits per heavy atom. The molecule has 0 amide bonds. The molecule has 2 aromatic rings. The third-order valence-electron chi connectivity index (χ3n) is 2.77. The van der Waals surface area contributed by atoms with Gasteiger partial charge in [0.05, 0.1) is 16.9 Å². The first kappa shape index (κ1) is 15.2. The van der Waals surface area contributed by atoms with Gasteiger partial charge in [0.15, 0.2) is 0 Å². The minimum Gasteiger partial charge on any atom is -0.380 e. The number of nitrogens with one attached hydrogen (secondary N) is 1. The highest BCUT2D eigenvalue weighted by molar-refractivity contribution is 9.12. The van der Waals surface area contributed by atoms with E-state index in [0.717, 1.165) is 5.56 Å². The second-order valence-electron chi connectivity index (χ2n) is 4.23. The van der Waals surface area contributed by atoms with E-state index < -0.39 is 21.1 Å². The number of rotatable bonds is 4. The molecule has 1 aromatic heterocycles. The van der Waals surface area contributed by atoms with Crippen LogP contribution in [0.1, 0.15) is 16.0 Å². The Kier molecular flexibility index (Phi) is 4.95. The quantitative estimate of drug-likeness (QED) is 0.763. The number of aromatic amines is 1. The molecule has 0 saturated heterocycles. The molecule has 20 heavy (non-hydrogen) atoms. The lowest BCUT2D eigenvalue weighted by Gasteiger charge is -2.13. The smallest absolute Gasteiger partial charge is 0.328 e. The fraction of sp³-hybridized carbons (Fsp3) is 0.231. The Labute approximate surface area is 131 Å². The summed E-state index contributed by atoms with van der Waals surface area (Å²) < 4.78 is 1.40. The lowest BCUT2D eigenvalue weighted by atomic mass is 10.2. The van der Waals surface area contributed by atoms with E-state index in [4.69, 9.17) is 0 Å². The van der Waals surface area contributed by atoms with Gasteiger partial charge in [0.2, 0.25) is 0 Å². The van der Waals surface area contributed by atoms with E-state index in [2.05, 4.69) is 36.8 Å². The van der Waals surface area contributed by atoms with Crippen LogP contribution in [0.2, 0.25) is 0 Å². The zero-order valence-corrected chi connectivity index (χ0v) is 13.5. The molecule has 1 aromatic carbocycles. The number of hydrogen-bond acceptors (Lipinski definition) is 3. The summed E-state index contributed by atoms with van der Waals surface area (Å²) in [4.78, 5) is 25.2. The first-order valence-corrected chi connectivity index (χ1v) is 7.66. The summed E-state index contributed by atoms with van der Waals surface area (Å²) in [6, 6.07) is 9.43. The van der Waals surface area contributed by atoms with Gasteiger partial charge in [0, 0.05) is 6.20 Å². The number of aromatic nitrogens is 2. The van der Waals surface area contributed by atoms with Gasteiger partial charge in [-0.05, 0) is 5.56 Å². The van der Waals surface area contributed by atoms with Crippen molar-refractivity contribution in [2.45, 2.75) is 16.4 Å². The molecule has 2 N–H and O–H groups in total. The maximum Gasteiger partial charge on any atom is 0.328 e. The third-order valence-corrected chi connectivity index (χ3v) is 5.00. The molecule has 0 aliphatic heterocycles. The molecule has 5 nitrogen and oxygen atoms in total. The van der Waals surface area contributed by atoms with Crippen LogP contribution in [0, 0.1) is 0 Å². The van der Waals surface area contributed by atoms with Gasteiger partial charge in [-0.1, -0.05) is 62.2 Å². The molecule has 0 saturated carbocycles. The number of hydrogen-bond donors (Lipinski definition) is 2. The Morgan fingerprint density at radius 3 is 2.45 bits per heavy atom. The minimum absolute atomic E-state index is 0.282. The topological polar surface area (TPSA) is 75.1 Å². The minimum atomic E-state index is -0.925. The van der Waals surface area contributed by atoms with Crippen LogP contribution < -0.4 is 11.2 Å².